The van der Waals surface area contributed by atoms with Crippen LogP contribution in [-0.4, -0.2) is 28.5 Å². The van der Waals surface area contributed by atoms with Gasteiger partial charge in [0.05, 0.1) is 12.5 Å². The van der Waals surface area contributed by atoms with Gasteiger partial charge in [0.15, 0.2) is 0 Å². The number of amides is 2. The van der Waals surface area contributed by atoms with Crippen LogP contribution in [0.2, 0.25) is 0 Å². The fraction of sp³-hybridized carbons (Fsp3) is 0.158. The number of aryl methyl sites for hydroxylation is 1. The number of nitrogens with two attached hydrogens (primary N) is 1. The predicted molar refractivity (Wildman–Crippen MR) is 101 cm³/mol. The van der Waals surface area contributed by atoms with Gasteiger partial charge < -0.3 is 20.4 Å². The highest BCUT2D eigenvalue weighted by molar-refractivity contribution is 6.05. The van der Waals surface area contributed by atoms with Crippen molar-refractivity contribution in [1.82, 2.24) is 9.55 Å². The fourth-order valence-electron chi connectivity index (χ4n) is 2.71. The molecular weight excluding hydrogens is 348 g/mol. The Kier molecular flexibility index (Phi) is 4.89. The van der Waals surface area contributed by atoms with Gasteiger partial charge in [-0.1, -0.05) is 6.07 Å². The van der Waals surface area contributed by atoms with Crippen molar-refractivity contribution in [3.8, 4) is 5.75 Å². The number of carbonyl (C=O) groups is 2. The zero-order chi connectivity index (χ0) is 19.6. The van der Waals surface area contributed by atoms with Crippen molar-refractivity contribution in [3.05, 3.63) is 64.1 Å². The first-order valence-electron chi connectivity index (χ1n) is 8.13. The van der Waals surface area contributed by atoms with Crippen LogP contribution in [0.1, 0.15) is 16.1 Å². The number of fused-ring (bicyclic) bond motifs is 1. The fourth-order valence-corrected chi connectivity index (χ4v) is 2.71. The Morgan fingerprint density at radius 3 is 2.74 bits per heavy atom. The third-order valence-corrected chi connectivity index (χ3v) is 3.96. The third kappa shape index (κ3) is 3.79. The molecule has 0 saturated heterocycles. The van der Waals surface area contributed by atoms with Gasteiger partial charge in [-0.3, -0.25) is 14.4 Å². The minimum Gasteiger partial charge on any atom is -0.497 e. The monoisotopic (exact) mass is 366 g/mol. The van der Waals surface area contributed by atoms with Crippen LogP contribution >= 0.6 is 0 Å². The molecule has 8 heteroatoms. The van der Waals surface area contributed by atoms with Gasteiger partial charge in [0, 0.05) is 23.6 Å². The van der Waals surface area contributed by atoms with Crippen LogP contribution in [-0.2, 0) is 11.3 Å². The highest BCUT2D eigenvalue weighted by Gasteiger charge is 2.17. The quantitative estimate of drug-likeness (QED) is 0.709. The molecule has 3 N–H and O–H groups in total. The van der Waals surface area contributed by atoms with Crippen LogP contribution in [0.5, 0.6) is 5.75 Å². The molecule has 0 aliphatic heterocycles. The maximum absolute atomic E-state index is 12.8. The number of anilines is 1. The van der Waals surface area contributed by atoms with Crippen molar-refractivity contribution in [2.45, 2.75) is 13.5 Å². The third-order valence-electron chi connectivity index (χ3n) is 3.96. The number of ether oxygens (including phenoxy) is 1. The smallest absolute Gasteiger partial charge is 0.261 e. The first-order chi connectivity index (χ1) is 12.9. The molecule has 0 spiro atoms. The van der Waals surface area contributed by atoms with E-state index in [1.165, 1.54) is 17.9 Å². The molecule has 2 amide bonds. The topological polar surface area (TPSA) is 116 Å². The van der Waals surface area contributed by atoms with Crippen molar-refractivity contribution in [2.24, 2.45) is 5.73 Å². The van der Waals surface area contributed by atoms with Gasteiger partial charge in [0.2, 0.25) is 11.3 Å². The Labute approximate surface area is 154 Å². The van der Waals surface area contributed by atoms with Gasteiger partial charge in [-0.15, -0.1) is 0 Å². The Balaban J connectivity index is 2.08. The maximum atomic E-state index is 12.8. The van der Waals surface area contributed by atoms with Gasteiger partial charge in [-0.05, 0) is 31.2 Å². The Morgan fingerprint density at radius 2 is 2.04 bits per heavy atom. The summed E-state index contributed by atoms with van der Waals surface area (Å²) in [5.74, 6) is -0.645. The highest BCUT2D eigenvalue weighted by Crippen LogP contribution is 2.18. The number of aromatic nitrogens is 2. The number of hydrogen-bond donors (Lipinski definition) is 2. The average molecular weight is 366 g/mol. The van der Waals surface area contributed by atoms with Crippen molar-refractivity contribution < 1.29 is 14.3 Å². The molecule has 3 aromatic rings. The molecule has 0 fully saturated rings. The Hall–Kier alpha value is -3.68. The average Bonchev–Trinajstić information content (AvgIpc) is 2.63. The lowest BCUT2D eigenvalue weighted by atomic mass is 10.1. The van der Waals surface area contributed by atoms with Crippen LogP contribution in [0.4, 0.5) is 5.69 Å². The molecule has 2 aromatic heterocycles. The molecule has 0 aliphatic rings. The number of rotatable bonds is 5. The first kappa shape index (κ1) is 18.1. The van der Waals surface area contributed by atoms with Gasteiger partial charge >= 0.3 is 0 Å². The van der Waals surface area contributed by atoms with Crippen molar-refractivity contribution in [3.63, 3.8) is 0 Å². The lowest BCUT2D eigenvalue weighted by Crippen LogP contribution is -2.27. The van der Waals surface area contributed by atoms with Gasteiger partial charge in [0.25, 0.3) is 5.91 Å². The van der Waals surface area contributed by atoms with Crippen molar-refractivity contribution in [2.75, 3.05) is 12.4 Å². The minimum absolute atomic E-state index is 0.114. The first-order valence-corrected chi connectivity index (χ1v) is 8.13. The van der Waals surface area contributed by atoms with E-state index in [0.29, 0.717) is 22.8 Å². The van der Waals surface area contributed by atoms with Crippen LogP contribution < -0.4 is 21.2 Å². The highest BCUT2D eigenvalue weighted by atomic mass is 16.5. The van der Waals surface area contributed by atoms with Gasteiger partial charge in [-0.25, -0.2) is 4.98 Å². The van der Waals surface area contributed by atoms with E-state index < -0.39 is 17.2 Å². The summed E-state index contributed by atoms with van der Waals surface area (Å²) in [5, 5.41) is 2.90. The molecule has 0 saturated carbocycles. The lowest BCUT2D eigenvalue weighted by Gasteiger charge is -2.12. The summed E-state index contributed by atoms with van der Waals surface area (Å²) in [6, 6.07) is 10.0. The second-order valence-corrected chi connectivity index (χ2v) is 5.98. The molecule has 27 heavy (non-hydrogen) atoms. The van der Waals surface area contributed by atoms with Crippen LogP contribution in [0.3, 0.4) is 0 Å². The zero-order valence-electron chi connectivity index (χ0n) is 14.9. The maximum Gasteiger partial charge on any atom is 0.261 e. The van der Waals surface area contributed by atoms with E-state index in [2.05, 4.69) is 10.3 Å². The minimum atomic E-state index is -0.609. The molecule has 0 bridgehead atoms. The van der Waals surface area contributed by atoms with Crippen molar-refractivity contribution in [1.29, 1.82) is 0 Å². The molecule has 0 aliphatic carbocycles. The molecule has 1 aromatic carbocycles. The number of carbonyl (C=O) groups excluding carboxylic acids is 2. The number of pyridine rings is 2. The van der Waals surface area contributed by atoms with E-state index in [-0.39, 0.29) is 17.5 Å². The van der Waals surface area contributed by atoms with E-state index in [1.807, 2.05) is 0 Å². The van der Waals surface area contributed by atoms with Crippen molar-refractivity contribution >= 4 is 28.5 Å². The van der Waals surface area contributed by atoms with Crippen LogP contribution in [0.15, 0.2) is 47.4 Å². The van der Waals surface area contributed by atoms with Gasteiger partial charge in [0.1, 0.15) is 23.5 Å². The largest absolute Gasteiger partial charge is 0.497 e. The number of nitrogens with one attached hydrogen (secondary N) is 1. The SMILES string of the molecule is COc1cccc(NC(=O)c2cn(CC(N)=O)c3nc(C)ccc3c2=O)c1. The van der Waals surface area contributed by atoms with Crippen LogP contribution in [0, 0.1) is 6.92 Å². The van der Waals surface area contributed by atoms with E-state index in [0.717, 1.165) is 0 Å². The number of hydrogen-bond acceptors (Lipinski definition) is 5. The van der Waals surface area contributed by atoms with E-state index in [1.54, 1.807) is 43.3 Å². The molecule has 0 unspecified atom stereocenters. The van der Waals surface area contributed by atoms with Gasteiger partial charge in [-0.2, -0.15) is 0 Å². The normalized spacial score (nSPS) is 10.6. The number of nitrogens with zero attached hydrogens (tertiary/aromatic N) is 2. The summed E-state index contributed by atoms with van der Waals surface area (Å²) in [6.45, 7) is 1.56. The Morgan fingerprint density at radius 1 is 1.26 bits per heavy atom. The second kappa shape index (κ2) is 7.28. The molecule has 3 rings (SSSR count). The molecule has 0 atom stereocenters. The molecular formula is C19H18N4O4. The number of benzene rings is 1. The summed E-state index contributed by atoms with van der Waals surface area (Å²) in [6.07, 6.45) is 1.30. The molecule has 2 heterocycles. The van der Waals surface area contributed by atoms with E-state index in [4.69, 9.17) is 10.5 Å². The summed E-state index contributed by atoms with van der Waals surface area (Å²) in [5.41, 5.74) is 6.16. The molecule has 138 valence electrons. The Bertz CT molecular complexity index is 1100. The second-order valence-electron chi connectivity index (χ2n) is 5.98. The zero-order valence-corrected chi connectivity index (χ0v) is 14.9. The molecule has 8 nitrogen and oxygen atoms in total. The van der Waals surface area contributed by atoms with E-state index in [9.17, 15) is 14.4 Å². The lowest BCUT2D eigenvalue weighted by molar-refractivity contribution is -0.118. The number of primary amides is 1. The summed E-state index contributed by atoms with van der Waals surface area (Å²) < 4.78 is 6.53. The molecule has 0 radical (unpaired) electrons. The number of methoxy groups -OCH3 is 1. The summed E-state index contributed by atoms with van der Waals surface area (Å²) in [7, 11) is 1.52. The predicted octanol–water partition coefficient (Wildman–Crippen LogP) is 1.45. The van der Waals surface area contributed by atoms with Crippen LogP contribution in [0.25, 0.3) is 11.0 Å². The summed E-state index contributed by atoms with van der Waals surface area (Å²) in [4.78, 5) is 41.2. The summed E-state index contributed by atoms with van der Waals surface area (Å²) >= 11 is 0. The van der Waals surface area contributed by atoms with E-state index >= 15 is 0 Å². The standard InChI is InChI=1S/C19H18N4O4/c1-11-6-7-14-17(25)15(9-23(10-16(20)24)18(14)21-11)19(26)22-12-4-3-5-13(8-12)27-2/h3-9H,10H2,1-2H3,(H2,20,24)(H,22,26).